The molecule has 1 fully saturated rings. The van der Waals surface area contributed by atoms with Crippen LogP contribution in [-0.4, -0.2) is 36.5 Å². The Balaban J connectivity index is 1.63. The Kier molecular flexibility index (Phi) is 5.23. The van der Waals surface area contributed by atoms with Crippen LogP contribution in [0.3, 0.4) is 0 Å². The van der Waals surface area contributed by atoms with Crippen molar-refractivity contribution < 1.29 is 9.59 Å². The summed E-state index contributed by atoms with van der Waals surface area (Å²) < 4.78 is 0. The first-order valence-corrected chi connectivity index (χ1v) is 9.14. The quantitative estimate of drug-likeness (QED) is 0.734. The highest BCUT2D eigenvalue weighted by molar-refractivity contribution is 7.13. The van der Waals surface area contributed by atoms with Crippen LogP contribution in [0.1, 0.15) is 13.3 Å². The Morgan fingerprint density at radius 3 is 2.92 bits per heavy atom. The molecule has 1 aromatic carbocycles. The molecule has 1 unspecified atom stereocenters. The fraction of sp³-hybridized carbons (Fsp3) is 0.333. The number of hydrogen-bond donors (Lipinski definition) is 3. The lowest BCUT2D eigenvalue weighted by Crippen LogP contribution is -2.35. The van der Waals surface area contributed by atoms with Crippen molar-refractivity contribution in [3.63, 3.8) is 0 Å². The third-order valence-corrected chi connectivity index (χ3v) is 5.23. The van der Waals surface area contributed by atoms with E-state index in [0.29, 0.717) is 36.9 Å². The van der Waals surface area contributed by atoms with E-state index in [1.54, 1.807) is 16.2 Å². The Bertz CT molecular complexity index is 760. The van der Waals surface area contributed by atoms with Crippen molar-refractivity contribution in [2.75, 3.05) is 30.7 Å². The van der Waals surface area contributed by atoms with Crippen molar-refractivity contribution in [1.82, 2.24) is 10.2 Å². The number of anilines is 2. The van der Waals surface area contributed by atoms with Gasteiger partial charge in [0.25, 0.3) is 0 Å². The van der Waals surface area contributed by atoms with E-state index in [9.17, 15) is 9.59 Å². The Morgan fingerprint density at radius 2 is 2.20 bits per heavy atom. The zero-order valence-electron chi connectivity index (χ0n) is 14.1. The number of nitrogens with zero attached hydrogens (tertiary/aromatic N) is 1. The van der Waals surface area contributed by atoms with Crippen LogP contribution in [0.4, 0.5) is 16.2 Å². The van der Waals surface area contributed by atoms with Gasteiger partial charge in [-0.3, -0.25) is 4.79 Å². The van der Waals surface area contributed by atoms with Crippen LogP contribution < -0.4 is 16.4 Å². The molecule has 25 heavy (non-hydrogen) atoms. The second-order valence-electron chi connectivity index (χ2n) is 6.25. The van der Waals surface area contributed by atoms with E-state index >= 15 is 0 Å². The highest BCUT2D eigenvalue weighted by Crippen LogP contribution is 2.30. The van der Waals surface area contributed by atoms with E-state index < -0.39 is 0 Å². The molecule has 1 atom stereocenters. The molecule has 132 valence electrons. The molecule has 3 amide bonds. The third kappa shape index (κ3) is 4.30. The van der Waals surface area contributed by atoms with Crippen LogP contribution in [-0.2, 0) is 4.79 Å². The maximum Gasteiger partial charge on any atom is 0.321 e. The van der Waals surface area contributed by atoms with Gasteiger partial charge in [-0.1, -0.05) is 12.1 Å². The first kappa shape index (κ1) is 17.3. The summed E-state index contributed by atoms with van der Waals surface area (Å²) in [7, 11) is 0. The van der Waals surface area contributed by atoms with Gasteiger partial charge in [-0.15, -0.1) is 11.3 Å². The van der Waals surface area contributed by atoms with Crippen molar-refractivity contribution in [2.24, 2.45) is 5.92 Å². The number of carbonyl (C=O) groups is 2. The van der Waals surface area contributed by atoms with E-state index in [4.69, 9.17) is 5.73 Å². The molecule has 3 rings (SSSR count). The lowest BCUT2D eigenvalue weighted by Gasteiger charge is -2.18. The Hall–Kier alpha value is -2.54. The smallest absolute Gasteiger partial charge is 0.321 e. The van der Waals surface area contributed by atoms with Gasteiger partial charge in [0.1, 0.15) is 0 Å². The minimum atomic E-state index is -0.152. The number of amides is 3. The number of nitrogens with two attached hydrogens (primary N) is 1. The minimum absolute atomic E-state index is 0.0407. The van der Waals surface area contributed by atoms with Gasteiger partial charge < -0.3 is 21.3 Å². The van der Waals surface area contributed by atoms with Crippen molar-refractivity contribution >= 4 is 34.6 Å². The van der Waals surface area contributed by atoms with E-state index in [1.165, 1.54) is 6.92 Å². The number of benzene rings is 1. The zero-order valence-corrected chi connectivity index (χ0v) is 14.9. The number of likely N-dealkylation sites (tertiary alicyclic amines) is 1. The molecule has 0 saturated carbocycles. The molecule has 0 radical (unpaired) electrons. The average Bonchev–Trinajstić information content (AvgIpc) is 3.26. The first-order valence-electron chi connectivity index (χ1n) is 8.26. The SMILES string of the molecule is CC(=O)NCC1CCN(C(=O)Nc2cc(-c3cccs3)ccc2N)C1. The summed E-state index contributed by atoms with van der Waals surface area (Å²) in [5, 5.41) is 7.75. The largest absolute Gasteiger partial charge is 0.397 e. The summed E-state index contributed by atoms with van der Waals surface area (Å²) in [6.07, 6.45) is 0.887. The average molecular weight is 358 g/mol. The standard InChI is InChI=1S/C18H22N4O2S/c1-12(23)20-10-13-6-7-22(11-13)18(24)21-16-9-14(4-5-15(16)19)17-3-2-8-25-17/h2-5,8-9,13H,6-7,10-11,19H2,1H3,(H,20,23)(H,21,24). The lowest BCUT2D eigenvalue weighted by atomic mass is 10.1. The van der Waals surface area contributed by atoms with Gasteiger partial charge in [0.15, 0.2) is 0 Å². The van der Waals surface area contributed by atoms with Crippen LogP contribution in [0, 0.1) is 5.92 Å². The van der Waals surface area contributed by atoms with Crippen LogP contribution in [0.15, 0.2) is 35.7 Å². The monoisotopic (exact) mass is 358 g/mol. The molecule has 2 aromatic rings. The summed E-state index contributed by atoms with van der Waals surface area (Å²) >= 11 is 1.64. The molecular formula is C18H22N4O2S. The molecule has 1 saturated heterocycles. The van der Waals surface area contributed by atoms with E-state index in [-0.39, 0.29) is 11.9 Å². The number of carbonyl (C=O) groups excluding carboxylic acids is 2. The Morgan fingerprint density at radius 1 is 1.36 bits per heavy atom. The van der Waals surface area contributed by atoms with Gasteiger partial charge in [0, 0.05) is 31.4 Å². The molecule has 4 N–H and O–H groups in total. The molecule has 0 bridgehead atoms. The number of urea groups is 1. The normalized spacial score (nSPS) is 16.7. The second-order valence-corrected chi connectivity index (χ2v) is 7.19. The molecule has 6 nitrogen and oxygen atoms in total. The molecule has 1 aliphatic rings. The number of hydrogen-bond acceptors (Lipinski definition) is 4. The third-order valence-electron chi connectivity index (χ3n) is 4.31. The fourth-order valence-corrected chi connectivity index (χ4v) is 3.65. The summed E-state index contributed by atoms with van der Waals surface area (Å²) in [6.45, 7) is 3.43. The summed E-state index contributed by atoms with van der Waals surface area (Å²) in [6, 6.07) is 9.55. The number of nitrogen functional groups attached to an aromatic ring is 1. The molecule has 7 heteroatoms. The summed E-state index contributed by atoms with van der Waals surface area (Å²) in [5.74, 6) is 0.255. The molecule has 1 aliphatic heterocycles. The predicted octanol–water partition coefficient (Wildman–Crippen LogP) is 2.99. The van der Waals surface area contributed by atoms with Crippen molar-refractivity contribution in [1.29, 1.82) is 0 Å². The van der Waals surface area contributed by atoms with Crippen molar-refractivity contribution in [2.45, 2.75) is 13.3 Å². The van der Waals surface area contributed by atoms with Crippen LogP contribution in [0.25, 0.3) is 10.4 Å². The van der Waals surface area contributed by atoms with Gasteiger partial charge in [-0.2, -0.15) is 0 Å². The highest BCUT2D eigenvalue weighted by Gasteiger charge is 2.26. The van der Waals surface area contributed by atoms with Crippen LogP contribution >= 0.6 is 11.3 Å². The van der Waals surface area contributed by atoms with Crippen molar-refractivity contribution in [3.05, 3.63) is 35.7 Å². The molecule has 0 aliphatic carbocycles. The Labute approximate surface area is 151 Å². The van der Waals surface area contributed by atoms with E-state index in [0.717, 1.165) is 16.9 Å². The van der Waals surface area contributed by atoms with Gasteiger partial charge in [0.2, 0.25) is 5.91 Å². The summed E-state index contributed by atoms with van der Waals surface area (Å²) in [4.78, 5) is 26.4. The highest BCUT2D eigenvalue weighted by atomic mass is 32.1. The molecular weight excluding hydrogens is 336 g/mol. The number of rotatable bonds is 4. The summed E-state index contributed by atoms with van der Waals surface area (Å²) in [5.41, 5.74) is 8.22. The second kappa shape index (κ2) is 7.57. The maximum atomic E-state index is 12.5. The fourth-order valence-electron chi connectivity index (χ4n) is 2.93. The maximum absolute atomic E-state index is 12.5. The zero-order chi connectivity index (χ0) is 17.8. The van der Waals surface area contributed by atoms with E-state index in [2.05, 4.69) is 10.6 Å². The predicted molar refractivity (Wildman–Crippen MR) is 102 cm³/mol. The topological polar surface area (TPSA) is 87.5 Å². The van der Waals surface area contributed by atoms with Gasteiger partial charge in [-0.25, -0.2) is 4.79 Å². The minimum Gasteiger partial charge on any atom is -0.397 e. The molecule has 1 aromatic heterocycles. The van der Waals surface area contributed by atoms with Gasteiger partial charge in [-0.05, 0) is 41.5 Å². The molecule has 2 heterocycles. The van der Waals surface area contributed by atoms with Gasteiger partial charge in [0.05, 0.1) is 11.4 Å². The molecule has 0 spiro atoms. The number of nitrogens with one attached hydrogen (secondary N) is 2. The van der Waals surface area contributed by atoms with E-state index in [1.807, 2.05) is 35.7 Å². The van der Waals surface area contributed by atoms with Crippen LogP contribution in [0.2, 0.25) is 0 Å². The van der Waals surface area contributed by atoms with Crippen LogP contribution in [0.5, 0.6) is 0 Å². The number of thiophene rings is 1. The van der Waals surface area contributed by atoms with Gasteiger partial charge >= 0.3 is 6.03 Å². The first-order chi connectivity index (χ1) is 12.0. The van der Waals surface area contributed by atoms with Crippen molar-refractivity contribution in [3.8, 4) is 10.4 Å². The lowest BCUT2D eigenvalue weighted by molar-refractivity contribution is -0.119.